The minimum absolute atomic E-state index is 0.118. The Balaban J connectivity index is 1.75. The maximum absolute atomic E-state index is 11.6. The molecule has 0 spiro atoms. The number of likely N-dealkylation sites (tertiary alicyclic amines) is 1. The van der Waals surface area contributed by atoms with Crippen molar-refractivity contribution in [2.45, 2.75) is 37.0 Å². The number of rotatable bonds is 3. The van der Waals surface area contributed by atoms with Gasteiger partial charge in [-0.3, -0.25) is 0 Å². The molecule has 0 aromatic heterocycles. The van der Waals surface area contributed by atoms with Gasteiger partial charge in [0.1, 0.15) is 0 Å². The van der Waals surface area contributed by atoms with E-state index in [0.717, 1.165) is 38.8 Å². The Labute approximate surface area is 98.3 Å². The van der Waals surface area contributed by atoms with E-state index < -0.39 is 9.84 Å². The van der Waals surface area contributed by atoms with E-state index in [4.69, 9.17) is 0 Å². The van der Waals surface area contributed by atoms with E-state index in [1.54, 1.807) is 0 Å². The van der Waals surface area contributed by atoms with Crippen LogP contribution in [0.15, 0.2) is 0 Å². The fourth-order valence-electron chi connectivity index (χ4n) is 2.60. The zero-order valence-corrected chi connectivity index (χ0v) is 10.8. The molecule has 1 N–H and O–H groups in total. The molecule has 2 aliphatic heterocycles. The Morgan fingerprint density at radius 3 is 2.50 bits per heavy atom. The van der Waals surface area contributed by atoms with Crippen LogP contribution in [0.4, 0.5) is 0 Å². The van der Waals surface area contributed by atoms with Gasteiger partial charge in [0.15, 0.2) is 9.84 Å². The largest absolute Gasteiger partial charge is 0.313 e. The van der Waals surface area contributed by atoms with Crippen molar-refractivity contribution in [3.8, 4) is 0 Å². The second-order valence-electron chi connectivity index (χ2n) is 5.12. The van der Waals surface area contributed by atoms with E-state index in [-0.39, 0.29) is 5.25 Å². The highest BCUT2D eigenvalue weighted by molar-refractivity contribution is 7.92. The van der Waals surface area contributed by atoms with E-state index in [9.17, 15) is 8.42 Å². The molecule has 0 aromatic rings. The van der Waals surface area contributed by atoms with Crippen LogP contribution in [0, 0.1) is 0 Å². The van der Waals surface area contributed by atoms with Crippen LogP contribution in [-0.4, -0.2) is 57.0 Å². The van der Waals surface area contributed by atoms with Crippen molar-refractivity contribution in [2.75, 3.05) is 32.4 Å². The first-order chi connectivity index (χ1) is 7.58. The highest BCUT2D eigenvalue weighted by atomic mass is 32.2. The second-order valence-corrected chi connectivity index (χ2v) is 7.52. The molecule has 2 rings (SSSR count). The molecule has 2 fully saturated rings. The van der Waals surface area contributed by atoms with E-state index in [1.807, 2.05) is 0 Å². The molecule has 1 atom stereocenters. The van der Waals surface area contributed by atoms with Crippen molar-refractivity contribution < 1.29 is 8.42 Å². The lowest BCUT2D eigenvalue weighted by atomic mass is 10.1. The fourth-order valence-corrected chi connectivity index (χ4v) is 4.38. The van der Waals surface area contributed by atoms with Gasteiger partial charge < -0.3 is 10.2 Å². The molecule has 0 saturated carbocycles. The van der Waals surface area contributed by atoms with Gasteiger partial charge in [0.05, 0.1) is 11.0 Å². The third kappa shape index (κ3) is 2.96. The summed E-state index contributed by atoms with van der Waals surface area (Å²) in [6.07, 6.45) is 3.98. The Bertz CT molecular complexity index is 321. The predicted molar refractivity (Wildman–Crippen MR) is 65.3 cm³/mol. The first kappa shape index (κ1) is 12.3. The van der Waals surface area contributed by atoms with Crippen LogP contribution in [0.2, 0.25) is 0 Å². The van der Waals surface area contributed by atoms with Gasteiger partial charge in [-0.1, -0.05) is 0 Å². The normalized spacial score (nSPS) is 31.9. The Hall–Kier alpha value is -0.130. The molecule has 0 bridgehead atoms. The van der Waals surface area contributed by atoms with Crippen molar-refractivity contribution in [3.63, 3.8) is 0 Å². The Morgan fingerprint density at radius 1 is 1.25 bits per heavy atom. The zero-order valence-electron chi connectivity index (χ0n) is 9.98. The summed E-state index contributed by atoms with van der Waals surface area (Å²) < 4.78 is 23.3. The molecule has 0 aliphatic carbocycles. The molecule has 0 amide bonds. The highest BCUT2D eigenvalue weighted by Gasteiger charge is 2.31. The summed E-state index contributed by atoms with van der Waals surface area (Å²) in [5, 5.41) is 3.32. The Morgan fingerprint density at radius 2 is 1.94 bits per heavy atom. The van der Waals surface area contributed by atoms with Crippen LogP contribution in [0.25, 0.3) is 0 Å². The number of nitrogens with one attached hydrogen (secondary N) is 1. The van der Waals surface area contributed by atoms with Gasteiger partial charge in [-0.2, -0.15) is 0 Å². The molecule has 0 aromatic carbocycles. The van der Waals surface area contributed by atoms with Crippen LogP contribution < -0.4 is 5.32 Å². The quantitative estimate of drug-likeness (QED) is 0.775. The number of piperidine rings is 1. The average Bonchev–Trinajstić information content (AvgIpc) is 2.57. The number of nitrogens with zero attached hydrogens (tertiary/aromatic N) is 1. The minimum atomic E-state index is -2.77. The SMILES string of the molecule is CN1CCC(NCC2CCCS2(=O)=O)CC1. The second kappa shape index (κ2) is 5.02. The molecule has 2 aliphatic rings. The Kier molecular flexibility index (Phi) is 3.87. The predicted octanol–water partition coefficient (Wildman–Crippen LogP) is 0.247. The third-order valence-corrected chi connectivity index (χ3v) is 6.09. The fraction of sp³-hybridized carbons (Fsp3) is 1.00. The van der Waals surface area contributed by atoms with Gasteiger partial charge in [0.25, 0.3) is 0 Å². The molecule has 5 heteroatoms. The highest BCUT2D eigenvalue weighted by Crippen LogP contribution is 2.19. The van der Waals surface area contributed by atoms with Gasteiger partial charge in [0.2, 0.25) is 0 Å². The summed E-state index contributed by atoms with van der Waals surface area (Å²) in [6, 6.07) is 0.520. The summed E-state index contributed by atoms with van der Waals surface area (Å²) in [6.45, 7) is 2.90. The molecule has 2 heterocycles. The molecule has 2 saturated heterocycles. The van der Waals surface area contributed by atoms with Gasteiger partial charge in [-0.25, -0.2) is 8.42 Å². The van der Waals surface area contributed by atoms with E-state index in [1.165, 1.54) is 0 Å². The van der Waals surface area contributed by atoms with Gasteiger partial charge in [-0.15, -0.1) is 0 Å². The standard InChI is InChI=1S/C11H22N2O2S/c1-13-6-4-10(5-7-13)12-9-11-3-2-8-16(11,14)15/h10-12H,2-9H2,1H3. The first-order valence-corrected chi connectivity index (χ1v) is 7.93. The maximum atomic E-state index is 11.6. The van der Waals surface area contributed by atoms with Crippen LogP contribution in [0.3, 0.4) is 0 Å². The van der Waals surface area contributed by atoms with Crippen molar-refractivity contribution in [3.05, 3.63) is 0 Å². The van der Waals surface area contributed by atoms with Crippen LogP contribution in [-0.2, 0) is 9.84 Å². The van der Waals surface area contributed by atoms with Crippen LogP contribution in [0.5, 0.6) is 0 Å². The molecule has 0 radical (unpaired) electrons. The minimum Gasteiger partial charge on any atom is -0.313 e. The first-order valence-electron chi connectivity index (χ1n) is 6.21. The van der Waals surface area contributed by atoms with E-state index >= 15 is 0 Å². The topological polar surface area (TPSA) is 49.4 Å². The monoisotopic (exact) mass is 246 g/mol. The van der Waals surface area contributed by atoms with E-state index in [2.05, 4.69) is 17.3 Å². The smallest absolute Gasteiger partial charge is 0.154 e. The molecule has 4 nitrogen and oxygen atoms in total. The lowest BCUT2D eigenvalue weighted by Crippen LogP contribution is -2.44. The van der Waals surface area contributed by atoms with Gasteiger partial charge in [-0.05, 0) is 45.8 Å². The average molecular weight is 246 g/mol. The number of hydrogen-bond donors (Lipinski definition) is 1. The van der Waals surface area contributed by atoms with E-state index in [0.29, 0.717) is 18.3 Å². The zero-order chi connectivity index (χ0) is 11.6. The molecular formula is C11H22N2O2S. The summed E-state index contributed by atoms with van der Waals surface area (Å²) in [5.74, 6) is 0.396. The maximum Gasteiger partial charge on any atom is 0.154 e. The lowest BCUT2D eigenvalue weighted by Gasteiger charge is -2.30. The summed E-state index contributed by atoms with van der Waals surface area (Å²) in [5.41, 5.74) is 0. The molecule has 94 valence electrons. The van der Waals surface area contributed by atoms with Gasteiger partial charge in [0, 0.05) is 12.6 Å². The number of hydrogen-bond acceptors (Lipinski definition) is 4. The molecule has 16 heavy (non-hydrogen) atoms. The van der Waals surface area contributed by atoms with Crippen LogP contribution in [0.1, 0.15) is 25.7 Å². The number of sulfone groups is 1. The summed E-state index contributed by atoms with van der Waals surface area (Å²) >= 11 is 0. The van der Waals surface area contributed by atoms with Crippen molar-refractivity contribution in [1.29, 1.82) is 0 Å². The molecular weight excluding hydrogens is 224 g/mol. The molecule has 1 unspecified atom stereocenters. The van der Waals surface area contributed by atoms with Gasteiger partial charge >= 0.3 is 0 Å². The lowest BCUT2D eigenvalue weighted by molar-refractivity contribution is 0.235. The van der Waals surface area contributed by atoms with Crippen molar-refractivity contribution in [1.82, 2.24) is 10.2 Å². The summed E-state index contributed by atoms with van der Waals surface area (Å²) in [7, 11) is -0.635. The third-order valence-electron chi connectivity index (χ3n) is 3.82. The summed E-state index contributed by atoms with van der Waals surface area (Å²) in [4.78, 5) is 2.32. The van der Waals surface area contributed by atoms with Crippen molar-refractivity contribution in [2.24, 2.45) is 0 Å². The van der Waals surface area contributed by atoms with Crippen LogP contribution >= 0.6 is 0 Å². The van der Waals surface area contributed by atoms with Crippen molar-refractivity contribution >= 4 is 9.84 Å².